The molecule has 0 atom stereocenters. The van der Waals surface area contributed by atoms with Crippen LogP contribution in [0.3, 0.4) is 0 Å². The van der Waals surface area contributed by atoms with E-state index in [1.165, 1.54) is 6.42 Å². The van der Waals surface area contributed by atoms with Crippen molar-refractivity contribution in [2.45, 2.75) is 32.1 Å². The first-order chi connectivity index (χ1) is 7.63. The number of hydrogen-bond acceptors (Lipinski definition) is 3. The van der Waals surface area contributed by atoms with Gasteiger partial charge < -0.3 is 5.73 Å². The average Bonchev–Trinajstić information content (AvgIpc) is 2.57. The van der Waals surface area contributed by atoms with Crippen LogP contribution in [0.2, 0.25) is 0 Å². The number of thiophene rings is 1. The molecule has 16 heavy (non-hydrogen) atoms. The highest BCUT2D eigenvalue weighted by Gasteiger charge is 2.37. The summed E-state index contributed by atoms with van der Waals surface area (Å²) in [7, 11) is 0. The minimum absolute atomic E-state index is 0.144. The molecular formula is C12H16BrNOS. The predicted octanol–water partition coefficient (Wildman–Crippen LogP) is 3.14. The average molecular weight is 302 g/mol. The Morgan fingerprint density at radius 2 is 2.25 bits per heavy atom. The molecular weight excluding hydrogens is 286 g/mol. The fourth-order valence-electron chi connectivity index (χ4n) is 2.25. The largest absolute Gasteiger partial charge is 0.330 e. The second-order valence-corrected chi connectivity index (χ2v) is 7.20. The molecule has 2 rings (SSSR count). The van der Waals surface area contributed by atoms with E-state index in [1.807, 2.05) is 12.1 Å². The molecule has 0 aromatic carbocycles. The minimum atomic E-state index is 0.144. The molecule has 0 radical (unpaired) electrons. The predicted molar refractivity (Wildman–Crippen MR) is 70.7 cm³/mol. The lowest BCUT2D eigenvalue weighted by molar-refractivity contribution is -0.121. The van der Waals surface area contributed by atoms with Crippen LogP contribution in [0.4, 0.5) is 0 Å². The minimum Gasteiger partial charge on any atom is -0.330 e. The molecule has 1 aromatic rings. The molecule has 1 saturated carbocycles. The maximum Gasteiger partial charge on any atom is 0.138 e. The Morgan fingerprint density at radius 3 is 2.69 bits per heavy atom. The number of halogens is 1. The van der Waals surface area contributed by atoms with Crippen molar-refractivity contribution in [2.24, 2.45) is 11.1 Å². The second kappa shape index (κ2) is 4.98. The van der Waals surface area contributed by atoms with E-state index < -0.39 is 0 Å². The first-order valence-electron chi connectivity index (χ1n) is 5.60. The van der Waals surface area contributed by atoms with Crippen molar-refractivity contribution in [1.82, 2.24) is 0 Å². The smallest absolute Gasteiger partial charge is 0.138 e. The third kappa shape index (κ3) is 2.73. The van der Waals surface area contributed by atoms with Gasteiger partial charge in [-0.25, -0.2) is 0 Å². The van der Waals surface area contributed by atoms with E-state index in [4.69, 9.17) is 5.73 Å². The molecule has 1 aliphatic rings. The summed E-state index contributed by atoms with van der Waals surface area (Å²) in [6.45, 7) is 0.660. The van der Waals surface area contributed by atoms with Crippen LogP contribution in [0.25, 0.3) is 0 Å². The lowest BCUT2D eigenvalue weighted by Crippen LogP contribution is -2.39. The Bertz CT molecular complexity index is 379. The van der Waals surface area contributed by atoms with Crippen molar-refractivity contribution in [3.8, 4) is 0 Å². The zero-order chi connectivity index (χ0) is 11.6. The number of ketones is 1. The van der Waals surface area contributed by atoms with E-state index in [1.54, 1.807) is 11.3 Å². The molecule has 88 valence electrons. The van der Waals surface area contributed by atoms with Gasteiger partial charge in [-0.2, -0.15) is 0 Å². The number of rotatable bonds is 5. The Balaban J connectivity index is 1.89. The maximum absolute atomic E-state index is 11.9. The monoisotopic (exact) mass is 301 g/mol. The second-order valence-electron chi connectivity index (χ2n) is 4.66. The highest BCUT2D eigenvalue weighted by Crippen LogP contribution is 2.43. The van der Waals surface area contributed by atoms with E-state index in [0.29, 0.717) is 25.2 Å². The molecule has 4 heteroatoms. The summed E-state index contributed by atoms with van der Waals surface area (Å²) in [4.78, 5) is 13.1. The Hall–Kier alpha value is -0.190. The van der Waals surface area contributed by atoms with E-state index in [9.17, 15) is 4.79 Å². The summed E-state index contributed by atoms with van der Waals surface area (Å²) >= 11 is 5.05. The van der Waals surface area contributed by atoms with Crippen LogP contribution in [0.1, 0.15) is 30.6 Å². The highest BCUT2D eigenvalue weighted by molar-refractivity contribution is 9.11. The van der Waals surface area contributed by atoms with Crippen LogP contribution in [-0.4, -0.2) is 12.3 Å². The third-order valence-corrected chi connectivity index (χ3v) is 5.04. The summed E-state index contributed by atoms with van der Waals surface area (Å²) in [5, 5.41) is 0. The Morgan fingerprint density at radius 1 is 1.50 bits per heavy atom. The van der Waals surface area contributed by atoms with E-state index in [-0.39, 0.29) is 5.41 Å². The molecule has 0 aliphatic heterocycles. The molecule has 1 fully saturated rings. The molecule has 1 aromatic heterocycles. The Kier molecular flexibility index (Phi) is 3.82. The van der Waals surface area contributed by atoms with Crippen LogP contribution in [0.5, 0.6) is 0 Å². The van der Waals surface area contributed by atoms with Crippen molar-refractivity contribution in [1.29, 1.82) is 0 Å². The SMILES string of the molecule is NCC1(CC(=O)Cc2ccc(Br)s2)CCC1. The van der Waals surface area contributed by atoms with E-state index in [2.05, 4.69) is 15.9 Å². The van der Waals surface area contributed by atoms with Gasteiger partial charge in [0, 0.05) is 17.7 Å². The fraction of sp³-hybridized carbons (Fsp3) is 0.583. The van der Waals surface area contributed by atoms with Crippen LogP contribution in [-0.2, 0) is 11.2 Å². The van der Waals surface area contributed by atoms with Gasteiger partial charge in [0.1, 0.15) is 5.78 Å². The van der Waals surface area contributed by atoms with E-state index in [0.717, 1.165) is 21.5 Å². The van der Waals surface area contributed by atoms with Gasteiger partial charge in [0.15, 0.2) is 0 Å². The van der Waals surface area contributed by atoms with E-state index >= 15 is 0 Å². The van der Waals surface area contributed by atoms with Crippen molar-refractivity contribution >= 4 is 33.0 Å². The van der Waals surface area contributed by atoms with Gasteiger partial charge in [0.2, 0.25) is 0 Å². The van der Waals surface area contributed by atoms with Crippen LogP contribution in [0.15, 0.2) is 15.9 Å². The molecule has 0 unspecified atom stereocenters. The van der Waals surface area contributed by atoms with Crippen LogP contribution < -0.4 is 5.73 Å². The molecule has 1 heterocycles. The lowest BCUT2D eigenvalue weighted by atomic mass is 9.66. The number of Topliss-reactive ketones (excluding diaryl/α,β-unsaturated/α-hetero) is 1. The lowest BCUT2D eigenvalue weighted by Gasteiger charge is -2.40. The van der Waals surface area contributed by atoms with Gasteiger partial charge in [-0.1, -0.05) is 6.42 Å². The van der Waals surface area contributed by atoms with Crippen LogP contribution >= 0.6 is 27.3 Å². The Labute approximate surface area is 108 Å². The quantitative estimate of drug-likeness (QED) is 0.908. The van der Waals surface area contributed by atoms with Gasteiger partial charge in [-0.3, -0.25) is 4.79 Å². The highest BCUT2D eigenvalue weighted by atomic mass is 79.9. The summed E-state index contributed by atoms with van der Waals surface area (Å²) in [5.41, 5.74) is 5.90. The molecule has 0 amide bonds. The first kappa shape index (κ1) is 12.3. The molecule has 2 N–H and O–H groups in total. The van der Waals surface area contributed by atoms with Crippen LogP contribution in [0, 0.1) is 5.41 Å². The van der Waals surface area contributed by atoms with Crippen molar-refractivity contribution in [3.63, 3.8) is 0 Å². The summed E-state index contributed by atoms with van der Waals surface area (Å²) < 4.78 is 1.09. The maximum atomic E-state index is 11.9. The third-order valence-electron chi connectivity index (χ3n) is 3.42. The zero-order valence-electron chi connectivity index (χ0n) is 9.17. The zero-order valence-corrected chi connectivity index (χ0v) is 11.6. The van der Waals surface area contributed by atoms with Crippen molar-refractivity contribution in [3.05, 3.63) is 20.8 Å². The molecule has 0 saturated heterocycles. The molecule has 0 bridgehead atoms. The number of carbonyl (C=O) groups is 1. The normalized spacial score (nSPS) is 18.1. The summed E-state index contributed by atoms with van der Waals surface area (Å²) in [6.07, 6.45) is 4.72. The molecule has 1 aliphatic carbocycles. The summed E-state index contributed by atoms with van der Waals surface area (Å²) in [5.74, 6) is 0.333. The first-order valence-corrected chi connectivity index (χ1v) is 7.20. The number of carbonyl (C=O) groups excluding carboxylic acids is 1. The molecule has 0 spiro atoms. The van der Waals surface area contributed by atoms with Gasteiger partial charge in [-0.15, -0.1) is 11.3 Å². The van der Waals surface area contributed by atoms with Gasteiger partial charge in [0.25, 0.3) is 0 Å². The topological polar surface area (TPSA) is 43.1 Å². The van der Waals surface area contributed by atoms with Gasteiger partial charge >= 0.3 is 0 Å². The number of hydrogen-bond donors (Lipinski definition) is 1. The molecule has 2 nitrogen and oxygen atoms in total. The van der Waals surface area contributed by atoms with Gasteiger partial charge in [0.05, 0.1) is 3.79 Å². The standard InChI is InChI=1S/C12H16BrNOS/c13-11-3-2-10(16-11)6-9(15)7-12(8-14)4-1-5-12/h2-3H,1,4-8,14H2. The van der Waals surface area contributed by atoms with Gasteiger partial charge in [-0.05, 0) is 52.9 Å². The van der Waals surface area contributed by atoms with Crippen molar-refractivity contribution in [2.75, 3.05) is 6.54 Å². The fourth-order valence-corrected chi connectivity index (χ4v) is 3.76. The van der Waals surface area contributed by atoms with Crippen molar-refractivity contribution < 1.29 is 4.79 Å². The number of nitrogens with two attached hydrogens (primary N) is 1. The summed E-state index contributed by atoms with van der Waals surface area (Å²) in [6, 6.07) is 4.01.